The largest absolute Gasteiger partial charge is 0.338 e. The number of hydrogen-bond donors (Lipinski definition) is 0. The minimum absolute atomic E-state index is 0.301. The highest BCUT2D eigenvalue weighted by atomic mass is 16.2. The highest BCUT2D eigenvalue weighted by Gasteiger charge is 2.55. The molecule has 1 unspecified atom stereocenters. The zero-order valence-corrected chi connectivity index (χ0v) is 13.1. The molecule has 1 aliphatic carbocycles. The van der Waals surface area contributed by atoms with E-state index in [9.17, 15) is 4.79 Å². The number of carbonyl (C=O) groups is 1. The van der Waals surface area contributed by atoms with E-state index in [-0.39, 0.29) is 0 Å². The van der Waals surface area contributed by atoms with Gasteiger partial charge < -0.3 is 4.90 Å². The summed E-state index contributed by atoms with van der Waals surface area (Å²) in [6, 6.07) is 0.458. The van der Waals surface area contributed by atoms with Crippen LogP contribution in [0.3, 0.4) is 0 Å². The SMILES string of the molecule is CC(C)C1N(C(=O)CCc2cncnc2)CC12CCCC2. The maximum absolute atomic E-state index is 12.5. The van der Waals surface area contributed by atoms with Crippen molar-refractivity contribution in [1.82, 2.24) is 14.9 Å². The van der Waals surface area contributed by atoms with Crippen molar-refractivity contribution in [2.75, 3.05) is 6.54 Å². The Kier molecular flexibility index (Phi) is 3.96. The molecule has 0 radical (unpaired) electrons. The molecule has 0 bridgehead atoms. The fourth-order valence-electron chi connectivity index (χ4n) is 4.45. The van der Waals surface area contributed by atoms with Gasteiger partial charge in [-0.1, -0.05) is 26.7 Å². The van der Waals surface area contributed by atoms with Crippen molar-refractivity contribution in [2.45, 2.75) is 58.4 Å². The zero-order chi connectivity index (χ0) is 14.9. The van der Waals surface area contributed by atoms with Crippen LogP contribution >= 0.6 is 0 Å². The van der Waals surface area contributed by atoms with E-state index in [0.29, 0.717) is 29.7 Å². The van der Waals surface area contributed by atoms with Crippen LogP contribution in [-0.2, 0) is 11.2 Å². The van der Waals surface area contributed by atoms with Crippen LogP contribution in [0, 0.1) is 11.3 Å². The third kappa shape index (κ3) is 2.68. The van der Waals surface area contributed by atoms with Gasteiger partial charge >= 0.3 is 0 Å². The van der Waals surface area contributed by atoms with E-state index < -0.39 is 0 Å². The summed E-state index contributed by atoms with van der Waals surface area (Å²) in [5, 5.41) is 0. The van der Waals surface area contributed by atoms with Crippen molar-refractivity contribution in [3.63, 3.8) is 0 Å². The van der Waals surface area contributed by atoms with Gasteiger partial charge in [0.2, 0.25) is 5.91 Å². The number of hydrogen-bond acceptors (Lipinski definition) is 3. The summed E-state index contributed by atoms with van der Waals surface area (Å²) < 4.78 is 0. The molecule has 1 aromatic rings. The molecule has 1 saturated carbocycles. The van der Waals surface area contributed by atoms with Gasteiger partial charge in [-0.25, -0.2) is 9.97 Å². The second kappa shape index (κ2) is 5.74. The van der Waals surface area contributed by atoms with E-state index in [1.807, 2.05) is 0 Å². The van der Waals surface area contributed by atoms with Crippen LogP contribution in [0.4, 0.5) is 0 Å². The van der Waals surface area contributed by atoms with E-state index >= 15 is 0 Å². The van der Waals surface area contributed by atoms with Gasteiger partial charge in [0.25, 0.3) is 0 Å². The molecule has 21 heavy (non-hydrogen) atoms. The topological polar surface area (TPSA) is 46.1 Å². The van der Waals surface area contributed by atoms with Gasteiger partial charge in [0, 0.05) is 36.8 Å². The number of aryl methyl sites for hydroxylation is 1. The molecule has 1 saturated heterocycles. The van der Waals surface area contributed by atoms with Crippen LogP contribution in [0.1, 0.15) is 51.5 Å². The Morgan fingerprint density at radius 1 is 1.33 bits per heavy atom. The van der Waals surface area contributed by atoms with Crippen molar-refractivity contribution in [1.29, 1.82) is 0 Å². The predicted molar refractivity (Wildman–Crippen MR) is 81.6 cm³/mol. The molecule has 114 valence electrons. The fourth-order valence-corrected chi connectivity index (χ4v) is 4.45. The van der Waals surface area contributed by atoms with Crippen molar-refractivity contribution in [3.05, 3.63) is 24.3 Å². The molecule has 3 rings (SSSR count). The Morgan fingerprint density at radius 2 is 2.00 bits per heavy atom. The van der Waals surface area contributed by atoms with Crippen LogP contribution in [-0.4, -0.2) is 33.4 Å². The van der Waals surface area contributed by atoms with Crippen molar-refractivity contribution in [2.24, 2.45) is 11.3 Å². The molecule has 1 aliphatic heterocycles. The lowest BCUT2D eigenvalue weighted by Gasteiger charge is -2.58. The normalized spacial score (nSPS) is 23.6. The summed E-state index contributed by atoms with van der Waals surface area (Å²) in [5.41, 5.74) is 1.49. The third-order valence-corrected chi connectivity index (χ3v) is 5.24. The van der Waals surface area contributed by atoms with Crippen LogP contribution in [0.5, 0.6) is 0 Å². The molecule has 1 amide bonds. The summed E-state index contributed by atoms with van der Waals surface area (Å²) in [4.78, 5) is 22.7. The second-order valence-corrected chi connectivity index (χ2v) is 7.03. The first-order valence-corrected chi connectivity index (χ1v) is 8.16. The predicted octanol–water partition coefficient (Wildman–Crippen LogP) is 2.84. The lowest BCUT2D eigenvalue weighted by Crippen LogP contribution is -2.67. The van der Waals surface area contributed by atoms with Crippen molar-refractivity contribution in [3.8, 4) is 0 Å². The van der Waals surface area contributed by atoms with Gasteiger partial charge in [-0.15, -0.1) is 0 Å². The molecule has 2 fully saturated rings. The van der Waals surface area contributed by atoms with E-state index in [1.165, 1.54) is 32.0 Å². The first-order chi connectivity index (χ1) is 10.1. The highest BCUT2D eigenvalue weighted by molar-refractivity contribution is 5.78. The zero-order valence-electron chi connectivity index (χ0n) is 13.1. The maximum atomic E-state index is 12.5. The van der Waals surface area contributed by atoms with Crippen LogP contribution < -0.4 is 0 Å². The molecule has 1 aromatic heterocycles. The molecule has 4 nitrogen and oxygen atoms in total. The van der Waals surface area contributed by atoms with Gasteiger partial charge in [-0.2, -0.15) is 0 Å². The number of carbonyl (C=O) groups excluding carboxylic acids is 1. The van der Waals surface area contributed by atoms with Crippen LogP contribution in [0.2, 0.25) is 0 Å². The maximum Gasteiger partial charge on any atom is 0.223 e. The molecule has 2 heterocycles. The lowest BCUT2D eigenvalue weighted by atomic mass is 9.65. The summed E-state index contributed by atoms with van der Waals surface area (Å²) in [6.45, 7) is 5.50. The third-order valence-electron chi connectivity index (χ3n) is 5.24. The van der Waals surface area contributed by atoms with Crippen LogP contribution in [0.15, 0.2) is 18.7 Å². The van der Waals surface area contributed by atoms with Gasteiger partial charge in [-0.3, -0.25) is 4.79 Å². The molecule has 1 spiro atoms. The van der Waals surface area contributed by atoms with Gasteiger partial charge in [0.05, 0.1) is 0 Å². The molecule has 4 heteroatoms. The van der Waals surface area contributed by atoms with Gasteiger partial charge in [0.1, 0.15) is 6.33 Å². The number of aromatic nitrogens is 2. The van der Waals surface area contributed by atoms with Gasteiger partial charge in [-0.05, 0) is 30.7 Å². The summed E-state index contributed by atoms with van der Waals surface area (Å²) in [7, 11) is 0. The Balaban J connectivity index is 1.60. The average molecular weight is 287 g/mol. The molecule has 2 aliphatic rings. The van der Waals surface area contributed by atoms with E-state index in [2.05, 4.69) is 28.7 Å². The minimum atomic E-state index is 0.301. The molecule has 0 N–H and O–H groups in total. The summed E-state index contributed by atoms with van der Waals surface area (Å²) in [5.74, 6) is 0.857. The van der Waals surface area contributed by atoms with Crippen molar-refractivity contribution >= 4 is 5.91 Å². The number of nitrogens with zero attached hydrogens (tertiary/aromatic N) is 3. The molecular weight excluding hydrogens is 262 g/mol. The Labute approximate surface area is 127 Å². The van der Waals surface area contributed by atoms with E-state index in [0.717, 1.165) is 18.5 Å². The lowest BCUT2D eigenvalue weighted by molar-refractivity contribution is -0.159. The van der Waals surface area contributed by atoms with Gasteiger partial charge in [0.15, 0.2) is 0 Å². The Hall–Kier alpha value is -1.45. The standard InChI is InChI=1S/C17H25N3O/c1-13(2)16-17(7-3-4-8-17)11-20(16)15(21)6-5-14-9-18-12-19-10-14/h9-10,12-13,16H,3-8,11H2,1-2H3. The van der Waals surface area contributed by atoms with E-state index in [1.54, 1.807) is 12.4 Å². The smallest absolute Gasteiger partial charge is 0.223 e. The second-order valence-electron chi connectivity index (χ2n) is 7.03. The summed E-state index contributed by atoms with van der Waals surface area (Å²) >= 11 is 0. The Bertz CT molecular complexity index is 494. The monoisotopic (exact) mass is 287 g/mol. The number of amides is 1. The summed E-state index contributed by atoms with van der Waals surface area (Å²) in [6.07, 6.45) is 11.8. The fraction of sp³-hybridized carbons (Fsp3) is 0.706. The Morgan fingerprint density at radius 3 is 2.62 bits per heavy atom. The van der Waals surface area contributed by atoms with Crippen LogP contribution in [0.25, 0.3) is 0 Å². The van der Waals surface area contributed by atoms with Crippen molar-refractivity contribution < 1.29 is 4.79 Å². The highest BCUT2D eigenvalue weighted by Crippen LogP contribution is 2.53. The number of likely N-dealkylation sites (tertiary alicyclic amines) is 1. The first-order valence-electron chi connectivity index (χ1n) is 8.16. The molecular formula is C17H25N3O. The van der Waals surface area contributed by atoms with E-state index in [4.69, 9.17) is 0 Å². The average Bonchev–Trinajstić information content (AvgIpc) is 2.94. The minimum Gasteiger partial charge on any atom is -0.338 e. The quantitative estimate of drug-likeness (QED) is 0.855. The molecule has 0 aromatic carbocycles. The number of rotatable bonds is 4. The first kappa shape index (κ1) is 14.5. The molecule has 1 atom stereocenters.